The van der Waals surface area contributed by atoms with Crippen LogP contribution in [0.4, 0.5) is 5.69 Å². The molecule has 0 atom stereocenters. The monoisotopic (exact) mass is 419 g/mol. The zero-order valence-corrected chi connectivity index (χ0v) is 15.8. The molecule has 0 bridgehead atoms. The fraction of sp³-hybridized carbons (Fsp3) is 0.533. The number of carbonyl (C=O) groups excluding carboxylic acids is 1. The van der Waals surface area contributed by atoms with Gasteiger partial charge in [-0.2, -0.15) is 0 Å². The third kappa shape index (κ3) is 9.54. The lowest BCUT2D eigenvalue weighted by atomic mass is 10.1. The molecule has 0 aromatic carbocycles. The number of anilines is 1. The van der Waals surface area contributed by atoms with E-state index in [1.807, 2.05) is 0 Å². The van der Waals surface area contributed by atoms with Crippen molar-refractivity contribution in [1.82, 2.24) is 15.6 Å². The Kier molecular flexibility index (Phi) is 11.4. The van der Waals surface area contributed by atoms with Crippen molar-refractivity contribution in [1.29, 1.82) is 0 Å². The van der Waals surface area contributed by atoms with Gasteiger partial charge in [-0.15, -0.1) is 24.0 Å². The van der Waals surface area contributed by atoms with Gasteiger partial charge in [0.05, 0.1) is 18.4 Å². The Morgan fingerprint density at radius 3 is 2.73 bits per heavy atom. The molecule has 0 spiro atoms. The molecule has 1 heterocycles. The van der Waals surface area contributed by atoms with Gasteiger partial charge in [-0.25, -0.2) is 0 Å². The summed E-state index contributed by atoms with van der Waals surface area (Å²) in [5, 5.41) is 8.93. The van der Waals surface area contributed by atoms with Crippen molar-refractivity contribution in [2.45, 2.75) is 26.7 Å². The van der Waals surface area contributed by atoms with Gasteiger partial charge >= 0.3 is 0 Å². The van der Waals surface area contributed by atoms with Crippen LogP contribution >= 0.6 is 24.0 Å². The summed E-state index contributed by atoms with van der Waals surface area (Å²) in [4.78, 5) is 19.8. The Morgan fingerprint density at radius 2 is 2.14 bits per heavy atom. The van der Waals surface area contributed by atoms with Crippen LogP contribution in [-0.4, -0.2) is 37.0 Å². The molecule has 0 radical (unpaired) electrons. The summed E-state index contributed by atoms with van der Waals surface area (Å²) in [6.07, 6.45) is 5.53. The van der Waals surface area contributed by atoms with Crippen LogP contribution in [0.1, 0.15) is 26.7 Å². The van der Waals surface area contributed by atoms with E-state index in [0.717, 1.165) is 13.0 Å². The van der Waals surface area contributed by atoms with Crippen LogP contribution < -0.4 is 16.0 Å². The van der Waals surface area contributed by atoms with Gasteiger partial charge in [0.1, 0.15) is 0 Å². The third-order valence-electron chi connectivity index (χ3n) is 2.84. The molecular formula is C15H26IN5O. The summed E-state index contributed by atoms with van der Waals surface area (Å²) in [7, 11) is 1.69. The molecule has 0 fully saturated rings. The standard InChI is InChI=1S/C15H25N5O.HI/c1-12(2)6-4-9-18-15(16-3)19-11-14(21)20-13-7-5-8-17-10-13;/h5,7-8,10,12H,4,6,9,11H2,1-3H3,(H,20,21)(H2,16,18,19);1H. The molecule has 0 saturated heterocycles. The van der Waals surface area contributed by atoms with Crippen LogP contribution in [0.25, 0.3) is 0 Å². The first-order valence-corrected chi connectivity index (χ1v) is 7.26. The second kappa shape index (κ2) is 12.2. The minimum Gasteiger partial charge on any atom is -0.356 e. The van der Waals surface area contributed by atoms with E-state index in [9.17, 15) is 4.79 Å². The molecular weight excluding hydrogens is 393 g/mol. The van der Waals surface area contributed by atoms with E-state index >= 15 is 0 Å². The highest BCUT2D eigenvalue weighted by Gasteiger charge is 2.04. The highest BCUT2D eigenvalue weighted by atomic mass is 127. The Morgan fingerprint density at radius 1 is 1.36 bits per heavy atom. The maximum absolute atomic E-state index is 11.8. The molecule has 0 aliphatic heterocycles. The summed E-state index contributed by atoms with van der Waals surface area (Å²) in [6, 6.07) is 3.57. The number of aromatic nitrogens is 1. The molecule has 7 heteroatoms. The number of amides is 1. The van der Waals surface area contributed by atoms with Crippen molar-refractivity contribution in [3.8, 4) is 0 Å². The zero-order chi connectivity index (χ0) is 15.5. The number of pyridine rings is 1. The minimum atomic E-state index is -0.131. The maximum Gasteiger partial charge on any atom is 0.243 e. The Bertz CT molecular complexity index is 451. The SMILES string of the molecule is CN=C(NCCCC(C)C)NCC(=O)Nc1cccnc1.I. The van der Waals surface area contributed by atoms with Crippen LogP contribution in [-0.2, 0) is 4.79 Å². The summed E-state index contributed by atoms with van der Waals surface area (Å²) in [5.74, 6) is 1.21. The number of nitrogens with zero attached hydrogens (tertiary/aromatic N) is 2. The first-order chi connectivity index (χ1) is 10.1. The van der Waals surface area contributed by atoms with Crippen molar-refractivity contribution in [2.75, 3.05) is 25.5 Å². The van der Waals surface area contributed by atoms with Crippen LogP contribution in [0.3, 0.4) is 0 Å². The average Bonchev–Trinajstić information content (AvgIpc) is 2.47. The summed E-state index contributed by atoms with van der Waals surface area (Å²) >= 11 is 0. The maximum atomic E-state index is 11.8. The highest BCUT2D eigenvalue weighted by Crippen LogP contribution is 2.02. The van der Waals surface area contributed by atoms with E-state index in [2.05, 4.69) is 39.8 Å². The van der Waals surface area contributed by atoms with Crippen molar-refractivity contribution < 1.29 is 4.79 Å². The molecule has 0 aliphatic rings. The molecule has 0 saturated carbocycles. The number of halogens is 1. The van der Waals surface area contributed by atoms with Crippen LogP contribution in [0.5, 0.6) is 0 Å². The molecule has 0 unspecified atom stereocenters. The Labute approximate surface area is 149 Å². The minimum absolute atomic E-state index is 0. The lowest BCUT2D eigenvalue weighted by Gasteiger charge is -2.12. The smallest absolute Gasteiger partial charge is 0.243 e. The Hall–Kier alpha value is -1.38. The number of hydrogen-bond acceptors (Lipinski definition) is 3. The van der Waals surface area contributed by atoms with Crippen LogP contribution in [0.15, 0.2) is 29.5 Å². The third-order valence-corrected chi connectivity index (χ3v) is 2.84. The second-order valence-electron chi connectivity index (χ2n) is 5.18. The molecule has 1 aromatic rings. The second-order valence-corrected chi connectivity index (χ2v) is 5.18. The van der Waals surface area contributed by atoms with Gasteiger partial charge in [-0.05, 0) is 30.9 Å². The number of hydrogen-bond donors (Lipinski definition) is 3. The van der Waals surface area contributed by atoms with Crippen molar-refractivity contribution in [3.63, 3.8) is 0 Å². The van der Waals surface area contributed by atoms with Crippen LogP contribution in [0.2, 0.25) is 0 Å². The first kappa shape index (κ1) is 20.6. The normalized spacial score (nSPS) is 10.8. The van der Waals surface area contributed by atoms with Crippen molar-refractivity contribution in [3.05, 3.63) is 24.5 Å². The molecule has 1 amide bonds. The molecule has 124 valence electrons. The number of nitrogens with one attached hydrogen (secondary N) is 3. The summed E-state index contributed by atoms with van der Waals surface area (Å²) in [6.45, 7) is 5.42. The van der Waals surface area contributed by atoms with E-state index < -0.39 is 0 Å². The fourth-order valence-corrected chi connectivity index (χ4v) is 1.74. The number of rotatable bonds is 7. The van der Waals surface area contributed by atoms with Gasteiger partial charge in [-0.1, -0.05) is 13.8 Å². The van der Waals surface area contributed by atoms with Crippen molar-refractivity contribution in [2.24, 2.45) is 10.9 Å². The van der Waals surface area contributed by atoms with Gasteiger partial charge < -0.3 is 16.0 Å². The predicted molar refractivity (Wildman–Crippen MR) is 102 cm³/mol. The molecule has 0 aliphatic carbocycles. The predicted octanol–water partition coefficient (Wildman–Crippen LogP) is 2.24. The average molecular weight is 419 g/mol. The van der Waals surface area contributed by atoms with E-state index in [0.29, 0.717) is 17.6 Å². The van der Waals surface area contributed by atoms with E-state index in [1.165, 1.54) is 6.42 Å². The van der Waals surface area contributed by atoms with Gasteiger partial charge in [0.25, 0.3) is 0 Å². The number of guanidine groups is 1. The number of aliphatic imine (C=N–C) groups is 1. The largest absolute Gasteiger partial charge is 0.356 e. The molecule has 6 nitrogen and oxygen atoms in total. The van der Waals surface area contributed by atoms with E-state index in [4.69, 9.17) is 0 Å². The lowest BCUT2D eigenvalue weighted by molar-refractivity contribution is -0.115. The van der Waals surface area contributed by atoms with Crippen molar-refractivity contribution >= 4 is 41.5 Å². The molecule has 22 heavy (non-hydrogen) atoms. The number of carbonyl (C=O) groups is 1. The first-order valence-electron chi connectivity index (χ1n) is 7.26. The van der Waals surface area contributed by atoms with Gasteiger partial charge in [0, 0.05) is 19.8 Å². The molecule has 1 rings (SSSR count). The van der Waals surface area contributed by atoms with Gasteiger partial charge in [0.2, 0.25) is 5.91 Å². The lowest BCUT2D eigenvalue weighted by Crippen LogP contribution is -2.41. The van der Waals surface area contributed by atoms with Crippen LogP contribution in [0, 0.1) is 5.92 Å². The Balaban J connectivity index is 0.00000441. The zero-order valence-electron chi connectivity index (χ0n) is 13.4. The van der Waals surface area contributed by atoms with E-state index in [1.54, 1.807) is 31.6 Å². The quantitative estimate of drug-likeness (QED) is 0.274. The summed E-state index contributed by atoms with van der Waals surface area (Å²) < 4.78 is 0. The van der Waals surface area contributed by atoms with Gasteiger partial charge in [-0.3, -0.25) is 14.8 Å². The van der Waals surface area contributed by atoms with E-state index in [-0.39, 0.29) is 36.4 Å². The molecule has 3 N–H and O–H groups in total. The summed E-state index contributed by atoms with van der Waals surface area (Å²) in [5.41, 5.74) is 0.684. The molecule has 1 aromatic heterocycles. The van der Waals surface area contributed by atoms with Gasteiger partial charge in [0.15, 0.2) is 5.96 Å². The topological polar surface area (TPSA) is 78.4 Å². The fourth-order valence-electron chi connectivity index (χ4n) is 1.74. The highest BCUT2D eigenvalue weighted by molar-refractivity contribution is 14.0.